The molecule has 31 heavy (non-hydrogen) atoms. The number of tetrazole rings is 1. The fourth-order valence-electron chi connectivity index (χ4n) is 3.31. The van der Waals surface area contributed by atoms with Gasteiger partial charge in [0.25, 0.3) is 5.91 Å². The smallest absolute Gasteiger partial charge is 0.256 e. The topological polar surface area (TPSA) is 85.6 Å². The van der Waals surface area contributed by atoms with E-state index in [-0.39, 0.29) is 5.69 Å². The van der Waals surface area contributed by atoms with Crippen LogP contribution in [0.2, 0.25) is 0 Å². The number of amides is 1. The molecule has 3 heterocycles. The highest BCUT2D eigenvalue weighted by Gasteiger charge is 2.17. The van der Waals surface area contributed by atoms with E-state index in [1.807, 2.05) is 41.8 Å². The van der Waals surface area contributed by atoms with Crippen LogP contribution in [0.5, 0.6) is 0 Å². The van der Waals surface area contributed by atoms with Gasteiger partial charge in [0.15, 0.2) is 5.82 Å². The summed E-state index contributed by atoms with van der Waals surface area (Å²) >= 11 is 1.54. The number of aromatic nitrogens is 5. The summed E-state index contributed by atoms with van der Waals surface area (Å²) in [6, 6.07) is 17.3. The number of halogens is 1. The van der Waals surface area contributed by atoms with Crippen molar-refractivity contribution in [1.82, 2.24) is 25.2 Å². The third kappa shape index (κ3) is 3.55. The summed E-state index contributed by atoms with van der Waals surface area (Å²) in [4.78, 5) is 18.8. The summed E-state index contributed by atoms with van der Waals surface area (Å²) in [5.41, 5.74) is 2.38. The minimum absolute atomic E-state index is 0.0379. The van der Waals surface area contributed by atoms with E-state index >= 15 is 0 Å². The Labute approximate surface area is 180 Å². The zero-order valence-corrected chi connectivity index (χ0v) is 17.1. The van der Waals surface area contributed by atoms with Crippen molar-refractivity contribution >= 4 is 33.8 Å². The number of carbonyl (C=O) groups excluding carboxylic acids is 1. The minimum atomic E-state index is -0.556. The molecule has 5 rings (SSSR count). The second-order valence-electron chi connectivity index (χ2n) is 6.81. The van der Waals surface area contributed by atoms with E-state index in [1.54, 1.807) is 19.1 Å². The van der Waals surface area contributed by atoms with Crippen molar-refractivity contribution in [3.8, 4) is 16.3 Å². The standard InChI is InChI=1S/C22H15FN6OS/c1-13-26-27-28-29(13)14-8-9-17(23)19(11-14)25-22(30)16-12-20(21-7-4-10-31-21)24-18-6-3-2-5-15(16)18/h2-12H,1H3,(H,25,30). The summed E-state index contributed by atoms with van der Waals surface area (Å²) in [6.45, 7) is 1.73. The zero-order chi connectivity index (χ0) is 21.4. The number of hydrogen-bond donors (Lipinski definition) is 1. The third-order valence-corrected chi connectivity index (χ3v) is 5.69. The Kier molecular flexibility index (Phi) is 4.72. The summed E-state index contributed by atoms with van der Waals surface area (Å²) in [5, 5.41) is 16.7. The molecule has 1 amide bonds. The molecule has 0 unspecified atom stereocenters. The molecule has 3 aromatic heterocycles. The van der Waals surface area contributed by atoms with Gasteiger partial charge >= 0.3 is 0 Å². The Bertz CT molecular complexity index is 1410. The van der Waals surface area contributed by atoms with Crippen molar-refractivity contribution in [3.63, 3.8) is 0 Å². The lowest BCUT2D eigenvalue weighted by atomic mass is 10.1. The highest BCUT2D eigenvalue weighted by Crippen LogP contribution is 2.29. The number of rotatable bonds is 4. The predicted octanol–water partition coefficient (Wildman–Crippen LogP) is 4.64. The van der Waals surface area contributed by atoms with E-state index in [0.29, 0.717) is 33.7 Å². The van der Waals surface area contributed by atoms with Gasteiger partial charge in [-0.3, -0.25) is 4.79 Å². The van der Waals surface area contributed by atoms with Crippen molar-refractivity contribution in [2.45, 2.75) is 6.92 Å². The molecule has 0 saturated heterocycles. The first-order valence-corrected chi connectivity index (χ1v) is 10.3. The highest BCUT2D eigenvalue weighted by atomic mass is 32.1. The molecule has 0 atom stereocenters. The van der Waals surface area contributed by atoms with Crippen LogP contribution in [0.15, 0.2) is 66.0 Å². The lowest BCUT2D eigenvalue weighted by molar-refractivity contribution is 0.102. The number of aryl methyl sites for hydroxylation is 1. The van der Waals surface area contributed by atoms with Crippen molar-refractivity contribution in [3.05, 3.63) is 83.2 Å². The van der Waals surface area contributed by atoms with Crippen LogP contribution in [-0.2, 0) is 0 Å². The highest BCUT2D eigenvalue weighted by molar-refractivity contribution is 7.13. The molecule has 2 aromatic carbocycles. The van der Waals surface area contributed by atoms with Gasteiger partial charge in [-0.15, -0.1) is 16.4 Å². The number of anilines is 1. The number of thiophene rings is 1. The van der Waals surface area contributed by atoms with E-state index in [1.165, 1.54) is 28.2 Å². The van der Waals surface area contributed by atoms with E-state index in [9.17, 15) is 9.18 Å². The summed E-state index contributed by atoms with van der Waals surface area (Å²) in [7, 11) is 0. The van der Waals surface area contributed by atoms with Crippen LogP contribution in [0.3, 0.4) is 0 Å². The molecule has 0 radical (unpaired) electrons. The van der Waals surface area contributed by atoms with Crippen LogP contribution >= 0.6 is 11.3 Å². The number of nitrogens with zero attached hydrogens (tertiary/aromatic N) is 5. The number of carbonyl (C=O) groups is 1. The fraction of sp³-hybridized carbons (Fsp3) is 0.0455. The molecule has 0 spiro atoms. The molecule has 0 fully saturated rings. The Morgan fingerprint density at radius 2 is 1.97 bits per heavy atom. The predicted molar refractivity (Wildman–Crippen MR) is 117 cm³/mol. The zero-order valence-electron chi connectivity index (χ0n) is 16.3. The van der Waals surface area contributed by atoms with Crippen LogP contribution in [-0.4, -0.2) is 31.1 Å². The Morgan fingerprint density at radius 1 is 1.10 bits per heavy atom. The average Bonchev–Trinajstić information content (AvgIpc) is 3.46. The monoisotopic (exact) mass is 430 g/mol. The number of nitrogens with one attached hydrogen (secondary N) is 1. The Morgan fingerprint density at radius 3 is 2.74 bits per heavy atom. The van der Waals surface area contributed by atoms with E-state index in [2.05, 4.69) is 25.8 Å². The molecule has 1 N–H and O–H groups in total. The van der Waals surface area contributed by atoms with Crippen LogP contribution in [0.1, 0.15) is 16.2 Å². The van der Waals surface area contributed by atoms with Crippen LogP contribution < -0.4 is 5.32 Å². The first-order chi connectivity index (χ1) is 15.1. The molecule has 0 aliphatic rings. The molecular formula is C22H15FN6OS. The van der Waals surface area contributed by atoms with Crippen LogP contribution in [0.25, 0.3) is 27.2 Å². The molecule has 5 aromatic rings. The van der Waals surface area contributed by atoms with Gasteiger partial charge in [0, 0.05) is 5.39 Å². The number of para-hydroxylation sites is 1. The molecule has 9 heteroatoms. The van der Waals surface area contributed by atoms with Gasteiger partial charge in [0.2, 0.25) is 0 Å². The molecular weight excluding hydrogens is 415 g/mol. The lowest BCUT2D eigenvalue weighted by Crippen LogP contribution is -2.14. The maximum atomic E-state index is 14.5. The molecule has 7 nitrogen and oxygen atoms in total. The normalized spacial score (nSPS) is 11.0. The molecule has 0 aliphatic carbocycles. The number of fused-ring (bicyclic) bond motifs is 1. The van der Waals surface area contributed by atoms with Gasteiger partial charge < -0.3 is 5.32 Å². The minimum Gasteiger partial charge on any atom is -0.319 e. The lowest BCUT2D eigenvalue weighted by Gasteiger charge is -2.12. The van der Waals surface area contributed by atoms with Gasteiger partial charge in [-0.05, 0) is 59.1 Å². The molecule has 0 aliphatic heterocycles. The van der Waals surface area contributed by atoms with Gasteiger partial charge in [-0.1, -0.05) is 24.3 Å². The van der Waals surface area contributed by atoms with Crippen molar-refractivity contribution < 1.29 is 9.18 Å². The second-order valence-corrected chi connectivity index (χ2v) is 7.75. The number of pyridine rings is 1. The van der Waals surface area contributed by atoms with Gasteiger partial charge in [0.05, 0.1) is 33.0 Å². The first kappa shape index (κ1) is 19.0. The summed E-state index contributed by atoms with van der Waals surface area (Å²) in [6.07, 6.45) is 0. The van der Waals surface area contributed by atoms with Crippen LogP contribution in [0.4, 0.5) is 10.1 Å². The molecule has 0 bridgehead atoms. The largest absolute Gasteiger partial charge is 0.319 e. The van der Waals surface area contributed by atoms with Gasteiger partial charge in [-0.25, -0.2) is 9.37 Å². The maximum absolute atomic E-state index is 14.5. The third-order valence-electron chi connectivity index (χ3n) is 4.80. The quantitative estimate of drug-likeness (QED) is 0.449. The van der Waals surface area contributed by atoms with E-state index in [0.717, 1.165) is 4.88 Å². The second kappa shape index (κ2) is 7.69. The summed E-state index contributed by atoms with van der Waals surface area (Å²) in [5.74, 6) is -0.440. The van der Waals surface area contributed by atoms with Crippen molar-refractivity contribution in [2.75, 3.05) is 5.32 Å². The Hall–Kier alpha value is -3.98. The van der Waals surface area contributed by atoms with E-state index < -0.39 is 11.7 Å². The Balaban J connectivity index is 1.56. The maximum Gasteiger partial charge on any atom is 0.256 e. The van der Waals surface area contributed by atoms with Crippen molar-refractivity contribution in [2.24, 2.45) is 0 Å². The first-order valence-electron chi connectivity index (χ1n) is 9.40. The molecule has 152 valence electrons. The summed E-state index contributed by atoms with van der Waals surface area (Å²) < 4.78 is 16.0. The fourth-order valence-corrected chi connectivity index (χ4v) is 4.00. The average molecular weight is 430 g/mol. The van der Waals surface area contributed by atoms with E-state index in [4.69, 9.17) is 0 Å². The number of hydrogen-bond acceptors (Lipinski definition) is 6. The SMILES string of the molecule is Cc1nnnn1-c1ccc(F)c(NC(=O)c2cc(-c3cccs3)nc3ccccc23)c1. The van der Waals surface area contributed by atoms with Crippen LogP contribution in [0, 0.1) is 12.7 Å². The molecule has 0 saturated carbocycles. The van der Waals surface area contributed by atoms with Gasteiger partial charge in [0.1, 0.15) is 5.82 Å². The number of benzene rings is 2. The van der Waals surface area contributed by atoms with Crippen molar-refractivity contribution in [1.29, 1.82) is 0 Å². The van der Waals surface area contributed by atoms with Gasteiger partial charge in [-0.2, -0.15) is 4.68 Å².